The standard InChI is InChI=1S/C17H22O5/c1-16(2)20-13-14(19-10-11-6-4-3-5-7-11)17(8-12(18)9-17)22-15(13)21-16/h3-7,12-15,18H,8-10H2,1-2H3/t12?,13-,14-,15+,17?/m1/s1. The van der Waals surface area contributed by atoms with Crippen molar-refractivity contribution in [3.05, 3.63) is 35.9 Å². The van der Waals surface area contributed by atoms with Gasteiger partial charge in [-0.05, 0) is 19.4 Å². The summed E-state index contributed by atoms with van der Waals surface area (Å²) in [5.74, 6) is -0.659. The van der Waals surface area contributed by atoms with Crippen LogP contribution < -0.4 is 0 Å². The highest BCUT2D eigenvalue weighted by atomic mass is 16.8. The summed E-state index contributed by atoms with van der Waals surface area (Å²) in [4.78, 5) is 0. The van der Waals surface area contributed by atoms with Crippen molar-refractivity contribution < 1.29 is 24.1 Å². The van der Waals surface area contributed by atoms with E-state index in [2.05, 4.69) is 0 Å². The van der Waals surface area contributed by atoms with E-state index in [1.807, 2.05) is 44.2 Å². The Morgan fingerprint density at radius 3 is 2.55 bits per heavy atom. The summed E-state index contributed by atoms with van der Waals surface area (Å²) >= 11 is 0. The maximum atomic E-state index is 9.73. The Hall–Kier alpha value is -0.980. The van der Waals surface area contributed by atoms with Gasteiger partial charge < -0.3 is 24.1 Å². The Kier molecular flexibility index (Phi) is 3.33. The van der Waals surface area contributed by atoms with Gasteiger partial charge in [-0.25, -0.2) is 0 Å². The van der Waals surface area contributed by atoms with Crippen LogP contribution in [0.4, 0.5) is 0 Å². The fourth-order valence-corrected chi connectivity index (χ4v) is 3.72. The number of hydrogen-bond acceptors (Lipinski definition) is 5. The molecule has 0 radical (unpaired) electrons. The van der Waals surface area contributed by atoms with Gasteiger partial charge in [0, 0.05) is 12.8 Å². The Bertz CT molecular complexity index is 537. The molecular weight excluding hydrogens is 284 g/mol. The monoisotopic (exact) mass is 306 g/mol. The molecule has 1 saturated carbocycles. The largest absolute Gasteiger partial charge is 0.393 e. The fraction of sp³-hybridized carbons (Fsp3) is 0.647. The summed E-state index contributed by atoms with van der Waals surface area (Å²) in [7, 11) is 0. The summed E-state index contributed by atoms with van der Waals surface area (Å²) in [6, 6.07) is 10.0. The zero-order chi connectivity index (χ0) is 15.4. The first-order valence-corrected chi connectivity index (χ1v) is 7.85. The minimum atomic E-state index is -0.659. The van der Waals surface area contributed by atoms with Crippen LogP contribution in [-0.4, -0.2) is 41.1 Å². The summed E-state index contributed by atoms with van der Waals surface area (Å²) < 4.78 is 24.0. The van der Waals surface area contributed by atoms with Crippen LogP contribution in [0.3, 0.4) is 0 Å². The van der Waals surface area contributed by atoms with Crippen LogP contribution in [0.25, 0.3) is 0 Å². The van der Waals surface area contributed by atoms with Crippen LogP contribution in [0.5, 0.6) is 0 Å². The first-order valence-electron chi connectivity index (χ1n) is 7.85. The molecule has 5 heteroatoms. The predicted octanol–water partition coefficient (Wildman–Crippen LogP) is 1.97. The number of ether oxygens (including phenoxy) is 4. The molecule has 4 rings (SSSR count). The van der Waals surface area contributed by atoms with E-state index in [0.717, 1.165) is 5.56 Å². The first kappa shape index (κ1) is 14.6. The van der Waals surface area contributed by atoms with E-state index in [0.29, 0.717) is 19.4 Å². The molecule has 2 heterocycles. The quantitative estimate of drug-likeness (QED) is 0.925. The maximum Gasteiger partial charge on any atom is 0.190 e. The van der Waals surface area contributed by atoms with Crippen molar-refractivity contribution in [2.24, 2.45) is 0 Å². The van der Waals surface area contributed by atoms with Gasteiger partial charge in [0.1, 0.15) is 17.8 Å². The van der Waals surface area contributed by atoms with Crippen LogP contribution in [0, 0.1) is 0 Å². The second-order valence-electron chi connectivity index (χ2n) is 6.93. The molecular formula is C17H22O5. The highest BCUT2D eigenvalue weighted by Gasteiger charge is 2.66. The fourth-order valence-electron chi connectivity index (χ4n) is 3.72. The number of rotatable bonds is 3. The van der Waals surface area contributed by atoms with Gasteiger partial charge >= 0.3 is 0 Å². The molecule has 0 amide bonds. The summed E-state index contributed by atoms with van der Waals surface area (Å²) in [6.07, 6.45) is -0.0498. The lowest BCUT2D eigenvalue weighted by molar-refractivity contribution is -0.274. The van der Waals surface area contributed by atoms with Crippen molar-refractivity contribution in [1.29, 1.82) is 0 Å². The summed E-state index contributed by atoms with van der Waals surface area (Å²) in [5, 5.41) is 9.73. The van der Waals surface area contributed by atoms with Gasteiger partial charge in [-0.1, -0.05) is 30.3 Å². The molecule has 120 valence electrons. The smallest absolute Gasteiger partial charge is 0.190 e. The number of fused-ring (bicyclic) bond motifs is 1. The van der Waals surface area contributed by atoms with Crippen molar-refractivity contribution in [2.75, 3.05) is 0 Å². The molecule has 1 spiro atoms. The van der Waals surface area contributed by atoms with E-state index in [4.69, 9.17) is 18.9 Å². The molecule has 2 aliphatic heterocycles. The SMILES string of the molecule is CC1(C)O[C@H]2OC3(CC(O)C3)[C@H](OCc3ccccc3)[C@H]2O1. The third-order valence-electron chi connectivity index (χ3n) is 4.69. The van der Waals surface area contributed by atoms with Crippen LogP contribution in [-0.2, 0) is 25.6 Å². The lowest BCUT2D eigenvalue weighted by atomic mass is 9.73. The van der Waals surface area contributed by atoms with E-state index in [-0.39, 0.29) is 18.3 Å². The molecule has 5 nitrogen and oxygen atoms in total. The second-order valence-corrected chi connectivity index (χ2v) is 6.93. The maximum absolute atomic E-state index is 9.73. The first-order chi connectivity index (χ1) is 10.5. The second kappa shape index (κ2) is 5.01. The molecule has 1 N–H and O–H groups in total. The zero-order valence-corrected chi connectivity index (χ0v) is 12.9. The van der Waals surface area contributed by atoms with E-state index in [1.165, 1.54) is 0 Å². The van der Waals surface area contributed by atoms with Gasteiger partial charge in [0.2, 0.25) is 0 Å². The van der Waals surface area contributed by atoms with Crippen molar-refractivity contribution >= 4 is 0 Å². The van der Waals surface area contributed by atoms with Gasteiger partial charge in [0.25, 0.3) is 0 Å². The number of aliphatic hydroxyl groups is 1. The molecule has 2 saturated heterocycles. The topological polar surface area (TPSA) is 57.2 Å². The van der Waals surface area contributed by atoms with Crippen molar-refractivity contribution in [3.8, 4) is 0 Å². The average Bonchev–Trinajstić information content (AvgIpc) is 2.86. The Morgan fingerprint density at radius 1 is 1.14 bits per heavy atom. The number of aliphatic hydroxyl groups excluding tert-OH is 1. The minimum Gasteiger partial charge on any atom is -0.393 e. The van der Waals surface area contributed by atoms with Crippen LogP contribution in [0.2, 0.25) is 0 Å². The molecule has 1 aliphatic carbocycles. The van der Waals surface area contributed by atoms with Gasteiger partial charge in [-0.15, -0.1) is 0 Å². The van der Waals surface area contributed by atoms with E-state index in [9.17, 15) is 5.11 Å². The summed E-state index contributed by atoms with van der Waals surface area (Å²) in [5.41, 5.74) is 0.638. The Labute approximate surface area is 130 Å². The van der Waals surface area contributed by atoms with Crippen molar-refractivity contribution in [1.82, 2.24) is 0 Å². The molecule has 1 aromatic rings. The van der Waals surface area contributed by atoms with Crippen LogP contribution >= 0.6 is 0 Å². The van der Waals surface area contributed by atoms with Crippen molar-refractivity contribution in [3.63, 3.8) is 0 Å². The van der Waals surface area contributed by atoms with Gasteiger partial charge in [-0.3, -0.25) is 0 Å². The Morgan fingerprint density at radius 2 is 1.86 bits per heavy atom. The highest BCUT2D eigenvalue weighted by molar-refractivity contribution is 5.15. The Balaban J connectivity index is 1.51. The molecule has 0 aromatic heterocycles. The molecule has 22 heavy (non-hydrogen) atoms. The number of benzene rings is 1. The third kappa shape index (κ3) is 2.37. The van der Waals surface area contributed by atoms with E-state index >= 15 is 0 Å². The third-order valence-corrected chi connectivity index (χ3v) is 4.69. The molecule has 1 aromatic carbocycles. The highest BCUT2D eigenvalue weighted by Crippen LogP contribution is 2.52. The van der Waals surface area contributed by atoms with Gasteiger partial charge in [-0.2, -0.15) is 0 Å². The van der Waals surface area contributed by atoms with Gasteiger partial charge in [0.05, 0.1) is 12.7 Å². The normalized spacial score (nSPS) is 42.3. The van der Waals surface area contributed by atoms with Gasteiger partial charge in [0.15, 0.2) is 12.1 Å². The van der Waals surface area contributed by atoms with E-state index < -0.39 is 17.7 Å². The average molecular weight is 306 g/mol. The minimum absolute atomic E-state index is 0.220. The predicted molar refractivity (Wildman–Crippen MR) is 77.9 cm³/mol. The molecule has 3 fully saturated rings. The summed E-state index contributed by atoms with van der Waals surface area (Å²) in [6.45, 7) is 4.26. The zero-order valence-electron chi connectivity index (χ0n) is 12.9. The van der Waals surface area contributed by atoms with Crippen molar-refractivity contribution in [2.45, 2.75) is 69.3 Å². The molecule has 3 atom stereocenters. The molecule has 0 bridgehead atoms. The van der Waals surface area contributed by atoms with Crippen LogP contribution in [0.15, 0.2) is 30.3 Å². The number of hydrogen-bond donors (Lipinski definition) is 1. The molecule has 0 unspecified atom stereocenters. The lowest BCUT2D eigenvalue weighted by Crippen LogP contribution is -2.57. The van der Waals surface area contributed by atoms with Crippen LogP contribution in [0.1, 0.15) is 32.3 Å². The van der Waals surface area contributed by atoms with E-state index in [1.54, 1.807) is 0 Å². The molecule has 3 aliphatic rings. The lowest BCUT2D eigenvalue weighted by Gasteiger charge is -2.46.